The predicted molar refractivity (Wildman–Crippen MR) is 566 cm³/mol. The molecule has 0 amide bonds. The molecule has 2 fully saturated rings. The number of hydrogen-bond acceptors (Lipinski definition) is 25. The summed E-state index contributed by atoms with van der Waals surface area (Å²) in [6.07, 6.45) is 12.4. The standard InChI is InChI=1S/C31H28N4OS.C28H30N4OS.C27H28N4O2S.C27H30N4OS/c36-20-23-11-3-8-16-29(23)37-28-15-7-2-10-22(28)19-32-31-34-26-14-6-5-13-25(26)30(35-31)33-27-18-17-21-9-1-4-12-24(21)27;33-19-21-11-5-9-17-26(21)34-25-16-8-4-10-20(25)18-29-28-31-24-15-7-6-14-23(24)27(32-28)30-22-12-2-1-3-13-22;32-18-20-8-2-6-12-25(20)34-24-11-5-1-7-19(24)17-28-27-30-23-10-4-3-9-22(23)26(31-27)29-21-13-15-33-16-14-21;1-3-21(4-2)29-26-22-13-7-8-14-23(22)30-27(31-26)28-17-19-11-5-9-15-24(19)33-25-16-10-6-12-20(25)18-32/h1-16,27,36H,17-20H2,(H2,32,33,34,35);4-11,14-17,22,33H,1-3,12-13,18-19H2,(H2,29,30,31,32);1-12,21,32H,13-18H2,(H2,28,29,30,31);5-16,21,32H,3-4,17-18H2,1-2H3,(H2,28,29,30,31). The van der Waals surface area contributed by atoms with E-state index in [1.807, 2.05) is 206 Å². The number of aliphatic hydroxyl groups excluding tert-OH is 4. The van der Waals surface area contributed by atoms with Crippen LogP contribution in [-0.4, -0.2) is 91.6 Å². The Bertz CT molecular complexity index is 6710. The van der Waals surface area contributed by atoms with Crippen LogP contribution in [-0.2, 0) is 63.8 Å². The Morgan fingerprint density at radius 1 is 0.290 bits per heavy atom. The molecule has 12 N–H and O–H groups in total. The number of nitrogens with zero attached hydrogens (tertiary/aromatic N) is 8. The number of aliphatic hydroxyl groups is 4. The first-order valence-electron chi connectivity index (χ1n) is 47.6. The van der Waals surface area contributed by atoms with Gasteiger partial charge in [-0.25, -0.2) is 19.9 Å². The first kappa shape index (κ1) is 96.5. The maximum absolute atomic E-state index is 9.74. The van der Waals surface area contributed by atoms with E-state index in [2.05, 4.69) is 166 Å². The first-order valence-corrected chi connectivity index (χ1v) is 50.9. The molecule has 20 rings (SSSR count). The topological polar surface area (TPSA) is 290 Å². The smallest absolute Gasteiger partial charge is 0.225 e. The average Bonchev–Trinajstić information content (AvgIpc) is 1.41. The van der Waals surface area contributed by atoms with Gasteiger partial charge in [0.2, 0.25) is 23.8 Å². The SMILES string of the molecule is CCC(CC)Nc1nc(NCc2ccccc2Sc2ccccc2CO)nc2ccccc12.OCc1ccccc1Sc1ccccc1CNc1nc(NC2CCCCC2)c2ccccc2n1.OCc1ccccc1Sc1ccccc1CNc1nc(NC2CCOCC2)c2ccccc2n1.OCc1ccccc1Sc1ccccc1CNc1nc(NC2CCc3ccccc32)c2ccccc2n1. The normalized spacial score (nSPS) is 13.6. The first-order chi connectivity index (χ1) is 68.1. The van der Waals surface area contributed by atoms with Crippen LogP contribution in [0.5, 0.6) is 0 Å². The van der Waals surface area contributed by atoms with Crippen molar-refractivity contribution in [1.29, 1.82) is 0 Å². The monoisotopic (exact) mass is 1900 g/mol. The van der Waals surface area contributed by atoms with E-state index < -0.39 is 0 Å². The zero-order chi connectivity index (χ0) is 94.4. The summed E-state index contributed by atoms with van der Waals surface area (Å²) in [5.41, 5.74) is 14.8. The second-order valence-corrected chi connectivity index (χ2v) is 38.4. The number of benzene rings is 13. The lowest BCUT2D eigenvalue weighted by molar-refractivity contribution is 0.0904. The second kappa shape index (κ2) is 49.2. The summed E-state index contributed by atoms with van der Waals surface area (Å²) >= 11 is 6.68. The van der Waals surface area contributed by atoms with Crippen molar-refractivity contribution in [2.24, 2.45) is 0 Å². The highest BCUT2D eigenvalue weighted by Crippen LogP contribution is 2.41. The van der Waals surface area contributed by atoms with Crippen LogP contribution in [0.2, 0.25) is 0 Å². The number of para-hydroxylation sites is 4. The van der Waals surface area contributed by atoms with Crippen molar-refractivity contribution in [2.75, 3.05) is 55.7 Å². The molecule has 0 bridgehead atoms. The Morgan fingerprint density at radius 2 is 0.565 bits per heavy atom. The summed E-state index contributed by atoms with van der Waals surface area (Å²) in [6.45, 7) is 8.45. The van der Waals surface area contributed by atoms with E-state index in [1.165, 1.54) is 48.8 Å². The molecule has 138 heavy (non-hydrogen) atoms. The van der Waals surface area contributed by atoms with Crippen LogP contribution in [0.3, 0.4) is 0 Å². The molecule has 1 unspecified atom stereocenters. The maximum Gasteiger partial charge on any atom is 0.225 e. The van der Waals surface area contributed by atoms with E-state index in [0.29, 0.717) is 68.1 Å². The Kier molecular flexibility index (Phi) is 34.4. The Labute approximate surface area is 824 Å². The highest BCUT2D eigenvalue weighted by atomic mass is 32.2. The molecule has 702 valence electrons. The number of fused-ring (bicyclic) bond motifs is 5. The Hall–Kier alpha value is -13.2. The molecule has 1 atom stereocenters. The number of aromatic nitrogens is 8. The van der Waals surface area contributed by atoms with Gasteiger partial charge < -0.3 is 67.7 Å². The fourth-order valence-corrected chi connectivity index (χ4v) is 21.5. The maximum atomic E-state index is 9.74. The number of ether oxygens (including phenoxy) is 1. The van der Waals surface area contributed by atoms with Crippen LogP contribution in [0, 0.1) is 0 Å². The van der Waals surface area contributed by atoms with E-state index >= 15 is 0 Å². The molecule has 4 aromatic heterocycles. The summed E-state index contributed by atoms with van der Waals surface area (Å²) < 4.78 is 5.50. The van der Waals surface area contributed by atoms with Gasteiger partial charge in [-0.1, -0.05) is 299 Å². The van der Waals surface area contributed by atoms with Crippen molar-refractivity contribution in [3.63, 3.8) is 0 Å². The van der Waals surface area contributed by atoms with Crippen molar-refractivity contribution in [1.82, 2.24) is 39.9 Å². The summed E-state index contributed by atoms with van der Waals surface area (Å²) in [7, 11) is 0. The Balaban J connectivity index is 0.000000127. The molecule has 5 heterocycles. The average molecular weight is 1910 g/mol. The summed E-state index contributed by atoms with van der Waals surface area (Å²) in [5.74, 6) is 5.95. The molecule has 13 aromatic carbocycles. The van der Waals surface area contributed by atoms with Crippen molar-refractivity contribution in [2.45, 2.75) is 200 Å². The van der Waals surface area contributed by atoms with Gasteiger partial charge >= 0.3 is 0 Å². The molecule has 1 saturated heterocycles. The third-order valence-electron chi connectivity index (χ3n) is 24.8. The minimum absolute atomic E-state index is 0.0236. The summed E-state index contributed by atoms with van der Waals surface area (Å²) in [4.78, 5) is 47.4. The number of aryl methyl sites for hydroxylation is 1. The fraction of sp³-hybridized carbons (Fsp3) is 0.239. The van der Waals surface area contributed by atoms with Crippen LogP contribution in [0.15, 0.2) is 355 Å². The Morgan fingerprint density at radius 3 is 0.906 bits per heavy atom. The van der Waals surface area contributed by atoms with Crippen LogP contribution < -0.4 is 42.5 Å². The molecule has 1 aliphatic heterocycles. The highest BCUT2D eigenvalue weighted by molar-refractivity contribution is 8.00. The van der Waals surface area contributed by atoms with Crippen LogP contribution in [0.25, 0.3) is 43.6 Å². The van der Waals surface area contributed by atoms with Crippen LogP contribution in [0.4, 0.5) is 47.1 Å². The van der Waals surface area contributed by atoms with Crippen molar-refractivity contribution < 1.29 is 25.2 Å². The van der Waals surface area contributed by atoms with Gasteiger partial charge in [0.1, 0.15) is 23.3 Å². The third-order valence-corrected chi connectivity index (χ3v) is 29.7. The zero-order valence-electron chi connectivity index (χ0n) is 77.6. The third kappa shape index (κ3) is 25.6. The van der Waals surface area contributed by atoms with E-state index in [9.17, 15) is 20.4 Å². The largest absolute Gasteiger partial charge is 0.392 e. The quantitative estimate of drug-likeness (QED) is 0.0178. The van der Waals surface area contributed by atoms with Gasteiger partial charge in [0.05, 0.1) is 54.5 Å². The van der Waals surface area contributed by atoms with E-state index in [0.717, 1.165) is 197 Å². The molecular formula is C113H116N16O5S4. The van der Waals surface area contributed by atoms with Crippen molar-refractivity contribution in [3.05, 3.63) is 371 Å². The van der Waals surface area contributed by atoms with Gasteiger partial charge in [0.25, 0.3) is 0 Å². The molecule has 2 aliphatic carbocycles. The van der Waals surface area contributed by atoms with E-state index in [1.54, 1.807) is 47.0 Å². The second-order valence-electron chi connectivity index (χ2n) is 34.1. The number of nitrogens with one attached hydrogen (secondary N) is 8. The molecule has 0 spiro atoms. The number of rotatable bonds is 34. The molecule has 0 radical (unpaired) electrons. The van der Waals surface area contributed by atoms with Gasteiger partial charge in [-0.15, -0.1) is 0 Å². The van der Waals surface area contributed by atoms with Crippen molar-refractivity contribution in [3.8, 4) is 0 Å². The van der Waals surface area contributed by atoms with Crippen LogP contribution in [0.1, 0.15) is 140 Å². The lowest BCUT2D eigenvalue weighted by Gasteiger charge is -2.24. The van der Waals surface area contributed by atoms with Crippen molar-refractivity contribution >= 4 is 138 Å². The molecule has 25 heteroatoms. The molecule has 21 nitrogen and oxygen atoms in total. The highest BCUT2D eigenvalue weighted by Gasteiger charge is 2.26. The van der Waals surface area contributed by atoms with Gasteiger partial charge in [-0.2, -0.15) is 19.9 Å². The van der Waals surface area contributed by atoms with Gasteiger partial charge in [-0.05, 0) is 204 Å². The molecule has 3 aliphatic rings. The number of hydrogen-bond donors (Lipinski definition) is 12. The molecule has 17 aromatic rings. The van der Waals surface area contributed by atoms with Crippen LogP contribution >= 0.6 is 47.0 Å². The minimum Gasteiger partial charge on any atom is -0.392 e. The number of anilines is 8. The van der Waals surface area contributed by atoms with Gasteiger partial charge in [0.15, 0.2) is 0 Å². The van der Waals surface area contributed by atoms with E-state index in [-0.39, 0.29) is 32.5 Å². The summed E-state index contributed by atoms with van der Waals surface area (Å²) in [6, 6.07) is 108. The molecule has 1 saturated carbocycles. The van der Waals surface area contributed by atoms with E-state index in [4.69, 9.17) is 44.6 Å². The predicted octanol–water partition coefficient (Wildman–Crippen LogP) is 25.6. The molecular weight excluding hydrogens is 1790 g/mol. The lowest BCUT2D eigenvalue weighted by atomic mass is 9.95. The van der Waals surface area contributed by atoms with Gasteiger partial charge in [-0.3, -0.25) is 0 Å². The minimum atomic E-state index is 0.0236. The zero-order valence-corrected chi connectivity index (χ0v) is 80.9. The summed E-state index contributed by atoms with van der Waals surface area (Å²) in [5, 5.41) is 71.4. The fourth-order valence-electron chi connectivity index (χ4n) is 17.2. The lowest BCUT2D eigenvalue weighted by Crippen LogP contribution is -2.28. The van der Waals surface area contributed by atoms with Gasteiger partial charge in [0, 0.05) is 118 Å².